The molecule has 0 aliphatic rings. The molecule has 0 bridgehead atoms. The summed E-state index contributed by atoms with van der Waals surface area (Å²) >= 11 is 1.23. The van der Waals surface area contributed by atoms with Crippen LogP contribution in [0.4, 0.5) is 18.3 Å². The smallest absolute Gasteiger partial charge is 0.300 e. The summed E-state index contributed by atoms with van der Waals surface area (Å²) in [4.78, 5) is 5.76. The molecular weight excluding hydrogens is 229 g/mol. The quantitative estimate of drug-likeness (QED) is 0.617. The minimum Gasteiger partial charge on any atom is -0.300 e. The Bertz CT molecular complexity index is 311. The fraction of sp³-hybridized carbons (Fsp3) is 0.571. The zero-order valence-electron chi connectivity index (χ0n) is 8.01. The van der Waals surface area contributed by atoms with Gasteiger partial charge < -0.3 is 0 Å². The monoisotopic (exact) mass is 240 g/mol. The molecule has 1 aromatic heterocycles. The van der Waals surface area contributed by atoms with Crippen LogP contribution in [0.25, 0.3) is 0 Å². The molecule has 0 aliphatic carbocycles. The van der Waals surface area contributed by atoms with Gasteiger partial charge in [-0.25, -0.2) is 10.8 Å². The van der Waals surface area contributed by atoms with E-state index in [2.05, 4.69) is 10.4 Å². The van der Waals surface area contributed by atoms with Gasteiger partial charge in [-0.05, 0) is 7.05 Å². The van der Waals surface area contributed by atoms with E-state index in [1.54, 1.807) is 0 Å². The Labute approximate surface area is 88.9 Å². The second-order valence-corrected chi connectivity index (χ2v) is 4.18. The molecule has 1 aromatic rings. The summed E-state index contributed by atoms with van der Waals surface area (Å²) in [6, 6.07) is 0. The van der Waals surface area contributed by atoms with Crippen molar-refractivity contribution < 1.29 is 13.2 Å². The summed E-state index contributed by atoms with van der Waals surface area (Å²) in [5.41, 5.74) is 2.34. The van der Waals surface area contributed by atoms with Crippen LogP contribution in [-0.4, -0.2) is 29.7 Å². The molecule has 86 valence electrons. The first-order valence-electron chi connectivity index (χ1n) is 4.07. The number of hydrogen-bond acceptors (Lipinski definition) is 5. The van der Waals surface area contributed by atoms with Crippen LogP contribution in [0.2, 0.25) is 0 Å². The molecule has 8 heteroatoms. The number of aromatic nitrogens is 1. The van der Waals surface area contributed by atoms with Crippen molar-refractivity contribution in [3.05, 3.63) is 11.1 Å². The van der Waals surface area contributed by atoms with Crippen LogP contribution in [0.15, 0.2) is 6.20 Å². The molecule has 0 spiro atoms. The lowest BCUT2D eigenvalue weighted by Crippen LogP contribution is -2.30. The summed E-state index contributed by atoms with van der Waals surface area (Å²) in [5, 5.41) is 0.491. The van der Waals surface area contributed by atoms with E-state index in [9.17, 15) is 13.2 Å². The minimum absolute atomic E-state index is 0.207. The number of hydrogen-bond donors (Lipinski definition) is 2. The first kappa shape index (κ1) is 12.2. The Morgan fingerprint density at radius 1 is 1.60 bits per heavy atom. The van der Waals surface area contributed by atoms with Crippen molar-refractivity contribution in [2.75, 3.05) is 19.0 Å². The number of rotatable bonds is 4. The van der Waals surface area contributed by atoms with Gasteiger partial charge in [-0.3, -0.25) is 10.3 Å². The second kappa shape index (κ2) is 4.77. The first-order valence-corrected chi connectivity index (χ1v) is 4.89. The van der Waals surface area contributed by atoms with E-state index in [0.29, 0.717) is 5.13 Å². The largest absolute Gasteiger partial charge is 0.401 e. The average molecular weight is 240 g/mol. The summed E-state index contributed by atoms with van der Waals surface area (Å²) in [6.07, 6.45) is -2.67. The number of thiazole rings is 1. The molecule has 15 heavy (non-hydrogen) atoms. The zero-order valence-corrected chi connectivity index (χ0v) is 8.82. The van der Waals surface area contributed by atoms with Crippen LogP contribution in [-0.2, 0) is 6.54 Å². The van der Waals surface area contributed by atoms with Crippen LogP contribution in [0.5, 0.6) is 0 Å². The third-order valence-corrected chi connectivity index (χ3v) is 2.47. The minimum atomic E-state index is -4.17. The molecule has 0 saturated carbocycles. The predicted molar refractivity (Wildman–Crippen MR) is 52.3 cm³/mol. The van der Waals surface area contributed by atoms with E-state index in [0.717, 1.165) is 4.88 Å². The van der Waals surface area contributed by atoms with Crippen LogP contribution in [0.3, 0.4) is 0 Å². The maximum atomic E-state index is 12.0. The van der Waals surface area contributed by atoms with Crippen molar-refractivity contribution in [3.63, 3.8) is 0 Å². The van der Waals surface area contributed by atoms with Crippen LogP contribution < -0.4 is 11.3 Å². The van der Waals surface area contributed by atoms with Gasteiger partial charge in [0.15, 0.2) is 5.13 Å². The highest BCUT2D eigenvalue weighted by Gasteiger charge is 2.29. The van der Waals surface area contributed by atoms with E-state index in [1.165, 1.54) is 29.5 Å². The third-order valence-electron chi connectivity index (χ3n) is 1.55. The molecule has 1 heterocycles. The normalized spacial score (nSPS) is 12.1. The predicted octanol–water partition coefficient (Wildman–Crippen LogP) is 1.42. The summed E-state index contributed by atoms with van der Waals surface area (Å²) in [7, 11) is 1.41. The van der Waals surface area contributed by atoms with Crippen LogP contribution >= 0.6 is 11.3 Å². The van der Waals surface area contributed by atoms with E-state index in [4.69, 9.17) is 5.84 Å². The lowest BCUT2D eigenvalue weighted by Gasteiger charge is -2.16. The molecule has 4 nitrogen and oxygen atoms in total. The molecule has 1 rings (SSSR count). The van der Waals surface area contributed by atoms with Crippen molar-refractivity contribution in [2.45, 2.75) is 12.7 Å². The fourth-order valence-corrected chi connectivity index (χ4v) is 1.88. The Hall–Kier alpha value is -0.860. The number of alkyl halides is 3. The fourth-order valence-electron chi connectivity index (χ4n) is 1.08. The molecule has 0 aromatic carbocycles. The van der Waals surface area contributed by atoms with Gasteiger partial charge in [-0.15, -0.1) is 0 Å². The molecule has 0 radical (unpaired) electrons. The van der Waals surface area contributed by atoms with Crippen molar-refractivity contribution >= 4 is 16.5 Å². The van der Waals surface area contributed by atoms with Crippen LogP contribution in [0, 0.1) is 0 Å². The van der Waals surface area contributed by atoms with Crippen molar-refractivity contribution in [2.24, 2.45) is 5.84 Å². The zero-order chi connectivity index (χ0) is 11.5. The van der Waals surface area contributed by atoms with Crippen molar-refractivity contribution in [3.8, 4) is 0 Å². The van der Waals surface area contributed by atoms with E-state index in [-0.39, 0.29) is 6.54 Å². The highest BCUT2D eigenvalue weighted by molar-refractivity contribution is 7.15. The van der Waals surface area contributed by atoms with Crippen molar-refractivity contribution in [1.29, 1.82) is 0 Å². The third kappa shape index (κ3) is 4.45. The summed E-state index contributed by atoms with van der Waals surface area (Å²) in [5.74, 6) is 5.10. The van der Waals surface area contributed by atoms with Gasteiger partial charge in [0.05, 0.1) is 6.54 Å². The van der Waals surface area contributed by atoms with Crippen LogP contribution in [0.1, 0.15) is 4.88 Å². The second-order valence-electron chi connectivity index (χ2n) is 3.06. The van der Waals surface area contributed by atoms with Gasteiger partial charge in [-0.2, -0.15) is 13.2 Å². The molecular formula is C7H11F3N4S. The number of nitrogens with one attached hydrogen (secondary N) is 1. The summed E-state index contributed by atoms with van der Waals surface area (Å²) in [6.45, 7) is -0.727. The Morgan fingerprint density at radius 2 is 2.27 bits per heavy atom. The maximum absolute atomic E-state index is 12.0. The lowest BCUT2D eigenvalue weighted by molar-refractivity contribution is -0.143. The van der Waals surface area contributed by atoms with E-state index >= 15 is 0 Å². The van der Waals surface area contributed by atoms with Gasteiger partial charge >= 0.3 is 6.18 Å². The molecule has 0 amide bonds. The highest BCUT2D eigenvalue weighted by Crippen LogP contribution is 2.21. The topological polar surface area (TPSA) is 54.2 Å². The Balaban J connectivity index is 2.47. The Kier molecular flexibility index (Phi) is 3.89. The summed E-state index contributed by atoms with van der Waals surface area (Å²) < 4.78 is 36.0. The Morgan fingerprint density at radius 3 is 2.73 bits per heavy atom. The lowest BCUT2D eigenvalue weighted by atomic mass is 10.4. The van der Waals surface area contributed by atoms with Gasteiger partial charge in [-0.1, -0.05) is 11.3 Å². The number of anilines is 1. The SMILES string of the molecule is CN(Cc1cnc(NN)s1)CC(F)(F)F. The van der Waals surface area contributed by atoms with E-state index in [1.807, 2.05) is 0 Å². The number of halogens is 3. The van der Waals surface area contributed by atoms with Gasteiger partial charge in [0.2, 0.25) is 0 Å². The molecule has 0 unspecified atom stereocenters. The standard InChI is InChI=1S/C7H11F3N4S/c1-14(4-7(8,9)10)3-5-2-12-6(13-11)15-5/h2H,3-4,11H2,1H3,(H,12,13). The van der Waals surface area contributed by atoms with E-state index < -0.39 is 12.7 Å². The van der Waals surface area contributed by atoms with Crippen molar-refractivity contribution in [1.82, 2.24) is 9.88 Å². The number of nitrogens with two attached hydrogens (primary N) is 1. The average Bonchev–Trinajstić information content (AvgIpc) is 2.48. The molecule has 0 saturated heterocycles. The number of nitrogens with zero attached hydrogens (tertiary/aromatic N) is 2. The number of hydrazine groups is 1. The first-order chi connectivity index (χ1) is 6.90. The molecule has 0 fully saturated rings. The van der Waals surface area contributed by atoms with Gasteiger partial charge in [0.25, 0.3) is 0 Å². The maximum Gasteiger partial charge on any atom is 0.401 e. The molecule has 0 atom stereocenters. The van der Waals surface area contributed by atoms with Gasteiger partial charge in [0.1, 0.15) is 0 Å². The highest BCUT2D eigenvalue weighted by atomic mass is 32.1. The van der Waals surface area contributed by atoms with Gasteiger partial charge in [0, 0.05) is 17.6 Å². The number of nitrogen functional groups attached to an aromatic ring is 1. The molecule has 0 aliphatic heterocycles. The molecule has 3 N–H and O–H groups in total.